The molecule has 0 aliphatic rings. The molecule has 9 nitrogen and oxygen atoms in total. The molecule has 2 amide bonds. The number of hydrogen-bond donors (Lipinski definition) is 4. The molecule has 0 saturated carbocycles. The normalized spacial score (nSPS) is 10.6. The zero-order valence-electron chi connectivity index (χ0n) is 14.9. The predicted octanol–water partition coefficient (Wildman–Crippen LogP) is 1.71. The first-order valence-corrected chi connectivity index (χ1v) is 8.21. The fourth-order valence-electron chi connectivity index (χ4n) is 2.26. The summed E-state index contributed by atoms with van der Waals surface area (Å²) in [6.07, 6.45) is 4.90. The van der Waals surface area contributed by atoms with Crippen LogP contribution in [0, 0.1) is 0 Å². The van der Waals surface area contributed by atoms with E-state index < -0.39 is 5.91 Å². The molecule has 1 aromatic rings. The minimum absolute atomic E-state index is 0.00337. The van der Waals surface area contributed by atoms with Gasteiger partial charge in [0.25, 0.3) is 0 Å². The maximum absolute atomic E-state index is 11.8. The molecule has 0 aromatic heterocycles. The van der Waals surface area contributed by atoms with E-state index in [1.165, 1.54) is 32.6 Å². The van der Waals surface area contributed by atoms with Gasteiger partial charge in [-0.3, -0.25) is 14.8 Å². The lowest BCUT2D eigenvalue weighted by Gasteiger charge is -2.10. The van der Waals surface area contributed by atoms with Crippen molar-refractivity contribution in [3.8, 4) is 17.2 Å². The summed E-state index contributed by atoms with van der Waals surface area (Å²) in [5, 5.41) is 21.8. The summed E-state index contributed by atoms with van der Waals surface area (Å²) in [5.41, 5.74) is 4.50. The standard InChI is InChI=1S/C17H25N3O6/c1-25-14-9-12(21)10-15(26-2)13(14)11-18-19-16(22)7-5-3-4-6-8-17(23)20-24/h9-11,21,24H,3-8H2,1-2H3,(H,19,22)(H,20,23). The number of carbonyl (C=O) groups is 2. The van der Waals surface area contributed by atoms with E-state index in [1.54, 1.807) is 5.48 Å². The number of carbonyl (C=O) groups excluding carboxylic acids is 2. The van der Waals surface area contributed by atoms with Gasteiger partial charge in [-0.2, -0.15) is 5.10 Å². The molecule has 1 rings (SSSR count). The minimum atomic E-state index is -0.405. The minimum Gasteiger partial charge on any atom is -0.508 e. The van der Waals surface area contributed by atoms with Gasteiger partial charge >= 0.3 is 0 Å². The molecule has 0 aliphatic heterocycles. The van der Waals surface area contributed by atoms with Crippen LogP contribution in [0.4, 0.5) is 0 Å². The van der Waals surface area contributed by atoms with Crippen molar-refractivity contribution < 1.29 is 29.4 Å². The van der Waals surface area contributed by atoms with Gasteiger partial charge in [0.2, 0.25) is 11.8 Å². The monoisotopic (exact) mass is 367 g/mol. The molecule has 9 heteroatoms. The number of phenolic OH excluding ortho intramolecular Hbond substituents is 1. The van der Waals surface area contributed by atoms with Crippen LogP contribution >= 0.6 is 0 Å². The Morgan fingerprint density at radius 2 is 1.58 bits per heavy atom. The van der Waals surface area contributed by atoms with Crippen molar-refractivity contribution in [2.24, 2.45) is 5.10 Å². The molecule has 0 atom stereocenters. The first-order chi connectivity index (χ1) is 12.5. The highest BCUT2D eigenvalue weighted by Crippen LogP contribution is 2.31. The number of unbranched alkanes of at least 4 members (excludes halogenated alkanes) is 3. The van der Waals surface area contributed by atoms with Crippen molar-refractivity contribution in [1.82, 2.24) is 10.9 Å². The zero-order chi connectivity index (χ0) is 19.4. The van der Waals surface area contributed by atoms with Gasteiger partial charge in [-0.05, 0) is 12.8 Å². The number of rotatable bonds is 11. The third-order valence-electron chi connectivity index (χ3n) is 3.59. The second-order valence-electron chi connectivity index (χ2n) is 5.51. The van der Waals surface area contributed by atoms with Crippen molar-refractivity contribution in [2.75, 3.05) is 14.2 Å². The number of benzene rings is 1. The van der Waals surface area contributed by atoms with Gasteiger partial charge in [0.1, 0.15) is 17.2 Å². The average molecular weight is 367 g/mol. The van der Waals surface area contributed by atoms with Gasteiger partial charge in [-0.1, -0.05) is 12.8 Å². The first-order valence-electron chi connectivity index (χ1n) is 8.21. The fourth-order valence-corrected chi connectivity index (χ4v) is 2.26. The molecule has 1 aromatic carbocycles. The highest BCUT2D eigenvalue weighted by atomic mass is 16.5. The van der Waals surface area contributed by atoms with Gasteiger partial charge < -0.3 is 14.6 Å². The summed E-state index contributed by atoms with van der Waals surface area (Å²) < 4.78 is 10.3. The number of hydroxylamine groups is 1. The molecule has 0 radical (unpaired) electrons. The SMILES string of the molecule is COc1cc(O)cc(OC)c1C=NNC(=O)CCCCCCC(=O)NO. The molecule has 0 spiro atoms. The number of nitrogens with one attached hydrogen (secondary N) is 2. The molecular weight excluding hydrogens is 342 g/mol. The smallest absolute Gasteiger partial charge is 0.243 e. The van der Waals surface area contributed by atoms with Crippen LogP contribution in [0.5, 0.6) is 17.2 Å². The Bertz CT molecular complexity index is 608. The molecule has 0 heterocycles. The van der Waals surface area contributed by atoms with Gasteiger partial charge in [-0.25, -0.2) is 10.9 Å². The van der Waals surface area contributed by atoms with E-state index in [-0.39, 0.29) is 18.1 Å². The number of hydrazone groups is 1. The summed E-state index contributed by atoms with van der Waals surface area (Å²) in [4.78, 5) is 22.6. The molecule has 0 saturated heterocycles. The molecule has 0 unspecified atom stereocenters. The maximum Gasteiger partial charge on any atom is 0.243 e. The summed E-state index contributed by atoms with van der Waals surface area (Å²) in [5.74, 6) is 0.0955. The number of methoxy groups -OCH3 is 2. The Hall–Kier alpha value is -2.81. The van der Waals surface area contributed by atoms with Crippen molar-refractivity contribution >= 4 is 18.0 Å². The van der Waals surface area contributed by atoms with Crippen LogP contribution < -0.4 is 20.4 Å². The van der Waals surface area contributed by atoms with Crippen LogP contribution in [-0.4, -0.2) is 42.6 Å². The van der Waals surface area contributed by atoms with Crippen LogP contribution in [0.25, 0.3) is 0 Å². The molecule has 144 valence electrons. The Morgan fingerprint density at radius 3 is 2.08 bits per heavy atom. The predicted molar refractivity (Wildman–Crippen MR) is 94.6 cm³/mol. The fraction of sp³-hybridized carbons (Fsp3) is 0.471. The molecule has 26 heavy (non-hydrogen) atoms. The number of aromatic hydroxyl groups is 1. The van der Waals surface area contributed by atoms with Crippen molar-refractivity contribution in [3.63, 3.8) is 0 Å². The Balaban J connectivity index is 2.40. The Morgan fingerprint density at radius 1 is 1.04 bits per heavy atom. The van der Waals surface area contributed by atoms with Crippen LogP contribution in [0.2, 0.25) is 0 Å². The van der Waals surface area contributed by atoms with E-state index in [2.05, 4.69) is 10.5 Å². The third kappa shape index (κ3) is 7.39. The van der Waals surface area contributed by atoms with Gasteiger partial charge in [0, 0.05) is 25.0 Å². The third-order valence-corrected chi connectivity index (χ3v) is 3.59. The van der Waals surface area contributed by atoms with Crippen molar-refractivity contribution in [1.29, 1.82) is 0 Å². The van der Waals surface area contributed by atoms with Crippen molar-refractivity contribution in [2.45, 2.75) is 38.5 Å². The van der Waals surface area contributed by atoms with Crippen LogP contribution in [-0.2, 0) is 9.59 Å². The van der Waals surface area contributed by atoms with Crippen LogP contribution in [0.15, 0.2) is 17.2 Å². The van der Waals surface area contributed by atoms with E-state index in [1.807, 2.05) is 0 Å². The molecular formula is C17H25N3O6. The summed E-state index contributed by atoms with van der Waals surface area (Å²) >= 11 is 0. The maximum atomic E-state index is 11.8. The van der Waals surface area contributed by atoms with E-state index in [0.717, 1.165) is 12.8 Å². The summed E-state index contributed by atoms with van der Waals surface area (Å²) in [6, 6.07) is 2.84. The second kappa shape index (κ2) is 11.7. The van der Waals surface area contributed by atoms with Crippen LogP contribution in [0.3, 0.4) is 0 Å². The van der Waals surface area contributed by atoms with Crippen LogP contribution in [0.1, 0.15) is 44.1 Å². The topological polar surface area (TPSA) is 129 Å². The number of nitrogens with zero attached hydrogens (tertiary/aromatic N) is 1. The molecule has 0 fully saturated rings. The highest BCUT2D eigenvalue weighted by Gasteiger charge is 2.10. The molecule has 4 N–H and O–H groups in total. The number of hydrogen-bond acceptors (Lipinski definition) is 7. The van der Waals surface area contributed by atoms with E-state index in [4.69, 9.17) is 14.7 Å². The number of phenols is 1. The lowest BCUT2D eigenvalue weighted by molar-refractivity contribution is -0.129. The quantitative estimate of drug-likeness (QED) is 0.204. The molecule has 0 aliphatic carbocycles. The van der Waals surface area contributed by atoms with Gasteiger partial charge in [0.05, 0.1) is 26.0 Å². The largest absolute Gasteiger partial charge is 0.508 e. The number of ether oxygens (including phenoxy) is 2. The second-order valence-corrected chi connectivity index (χ2v) is 5.51. The lowest BCUT2D eigenvalue weighted by Crippen LogP contribution is -2.18. The average Bonchev–Trinajstić information content (AvgIpc) is 2.64. The summed E-state index contributed by atoms with van der Waals surface area (Å²) in [7, 11) is 2.91. The molecule has 0 bridgehead atoms. The van der Waals surface area contributed by atoms with E-state index in [0.29, 0.717) is 36.3 Å². The lowest BCUT2D eigenvalue weighted by atomic mass is 10.1. The first kappa shape index (κ1) is 21.2. The van der Waals surface area contributed by atoms with E-state index in [9.17, 15) is 14.7 Å². The van der Waals surface area contributed by atoms with E-state index >= 15 is 0 Å². The van der Waals surface area contributed by atoms with Crippen molar-refractivity contribution in [3.05, 3.63) is 17.7 Å². The number of amides is 2. The highest BCUT2D eigenvalue weighted by molar-refractivity contribution is 5.89. The zero-order valence-corrected chi connectivity index (χ0v) is 14.9. The van der Waals surface area contributed by atoms with Gasteiger partial charge in [-0.15, -0.1) is 0 Å². The van der Waals surface area contributed by atoms with Gasteiger partial charge in [0.15, 0.2) is 0 Å². The Kier molecular flexibility index (Phi) is 9.55. The Labute approximate surface area is 152 Å². The summed E-state index contributed by atoms with van der Waals surface area (Å²) in [6.45, 7) is 0.